The van der Waals surface area contributed by atoms with Crippen molar-refractivity contribution in [2.45, 2.75) is 6.43 Å². The average molecular weight is 308 g/mol. The summed E-state index contributed by atoms with van der Waals surface area (Å²) in [5.41, 5.74) is -0.697. The van der Waals surface area contributed by atoms with E-state index in [1.165, 1.54) is 0 Å². The molecule has 0 aromatic carbocycles. The number of carbonyl (C=O) groups excluding carboxylic acids is 1. The number of alkyl halides is 2. The number of aldehydes is 1. The predicted molar refractivity (Wildman–Crippen MR) is 52.0 cm³/mol. The number of hydrogen-bond donors (Lipinski definition) is 0. The molecule has 0 unspecified atom stereocenters. The Morgan fingerprint density at radius 3 is 2.71 bits per heavy atom. The molecular formula is C8H3F2IN2O. The lowest BCUT2D eigenvalue weighted by Gasteiger charge is -2.03. The average Bonchev–Trinajstić information content (AvgIpc) is 2.17. The molecule has 72 valence electrons. The van der Waals surface area contributed by atoms with E-state index in [4.69, 9.17) is 5.26 Å². The standard InChI is InChI=1S/C8H3F2IN2O/c9-7(10)6-5(3-14)1-4(2-12)8(11)13-6/h1,3,7H. The number of nitrogens with zero attached hydrogens (tertiary/aromatic N) is 2. The molecule has 3 nitrogen and oxygen atoms in total. The van der Waals surface area contributed by atoms with E-state index in [9.17, 15) is 13.6 Å². The first kappa shape index (κ1) is 11.0. The third-order valence-corrected chi connectivity index (χ3v) is 2.31. The molecule has 0 spiro atoms. The second-order valence-corrected chi connectivity index (χ2v) is 3.35. The van der Waals surface area contributed by atoms with Crippen LogP contribution in [0.4, 0.5) is 8.78 Å². The summed E-state index contributed by atoms with van der Waals surface area (Å²) in [4.78, 5) is 13.9. The maximum atomic E-state index is 12.3. The Kier molecular flexibility index (Phi) is 3.46. The molecule has 0 N–H and O–H groups in total. The van der Waals surface area contributed by atoms with Crippen LogP contribution in [0.1, 0.15) is 28.0 Å². The zero-order valence-electron chi connectivity index (χ0n) is 6.67. The molecule has 6 heteroatoms. The molecule has 0 saturated heterocycles. The van der Waals surface area contributed by atoms with Gasteiger partial charge in [0.15, 0.2) is 6.29 Å². The number of nitriles is 1. The lowest BCUT2D eigenvalue weighted by Crippen LogP contribution is -2.01. The van der Waals surface area contributed by atoms with Gasteiger partial charge in [-0.3, -0.25) is 4.79 Å². The monoisotopic (exact) mass is 308 g/mol. The predicted octanol–water partition coefficient (Wildman–Crippen LogP) is 2.31. The van der Waals surface area contributed by atoms with Gasteiger partial charge in [0.05, 0.1) is 5.56 Å². The van der Waals surface area contributed by atoms with Crippen molar-refractivity contribution >= 4 is 28.9 Å². The smallest absolute Gasteiger partial charge is 0.281 e. The van der Waals surface area contributed by atoms with Gasteiger partial charge in [-0.2, -0.15) is 5.26 Å². The highest BCUT2D eigenvalue weighted by molar-refractivity contribution is 14.1. The summed E-state index contributed by atoms with van der Waals surface area (Å²) < 4.78 is 24.8. The van der Waals surface area contributed by atoms with Gasteiger partial charge in [-0.05, 0) is 28.7 Å². The molecule has 0 radical (unpaired) electrons. The van der Waals surface area contributed by atoms with Crippen LogP contribution in [0.5, 0.6) is 0 Å². The van der Waals surface area contributed by atoms with Gasteiger partial charge in [-0.25, -0.2) is 13.8 Å². The summed E-state index contributed by atoms with van der Waals surface area (Å²) in [5.74, 6) is 0. The molecule has 0 aliphatic heterocycles. The van der Waals surface area contributed by atoms with E-state index in [1.807, 2.05) is 0 Å². The Hall–Kier alpha value is -1.10. The van der Waals surface area contributed by atoms with Crippen molar-refractivity contribution in [3.63, 3.8) is 0 Å². The quantitative estimate of drug-likeness (QED) is 0.478. The molecule has 0 saturated carbocycles. The second-order valence-electron chi connectivity index (χ2n) is 2.33. The van der Waals surface area contributed by atoms with Crippen molar-refractivity contribution in [2.24, 2.45) is 0 Å². The van der Waals surface area contributed by atoms with E-state index in [0.29, 0.717) is 0 Å². The van der Waals surface area contributed by atoms with Crippen molar-refractivity contribution in [1.29, 1.82) is 5.26 Å². The SMILES string of the molecule is N#Cc1cc(C=O)c(C(F)F)nc1I. The summed E-state index contributed by atoms with van der Waals surface area (Å²) >= 11 is 1.67. The van der Waals surface area contributed by atoms with Crippen LogP contribution in [0, 0.1) is 15.0 Å². The second kappa shape index (κ2) is 4.41. The van der Waals surface area contributed by atoms with Crippen LogP contribution in [0.2, 0.25) is 0 Å². The molecule has 0 aliphatic carbocycles. The minimum atomic E-state index is -2.81. The largest absolute Gasteiger partial charge is 0.298 e. The summed E-state index contributed by atoms with van der Waals surface area (Å²) in [6.07, 6.45) is -2.54. The Balaban J connectivity index is 3.40. The van der Waals surface area contributed by atoms with Crippen molar-refractivity contribution in [1.82, 2.24) is 4.98 Å². The van der Waals surface area contributed by atoms with E-state index in [-0.39, 0.29) is 21.1 Å². The molecule has 1 aromatic rings. The first-order chi connectivity index (χ1) is 6.60. The molecular weight excluding hydrogens is 305 g/mol. The first-order valence-corrected chi connectivity index (χ1v) is 4.52. The topological polar surface area (TPSA) is 53.8 Å². The van der Waals surface area contributed by atoms with Crippen molar-refractivity contribution < 1.29 is 13.6 Å². The maximum Gasteiger partial charge on any atom is 0.281 e. The lowest BCUT2D eigenvalue weighted by molar-refractivity contribution is 0.110. The highest BCUT2D eigenvalue weighted by Gasteiger charge is 2.17. The number of halogens is 3. The number of carbonyl (C=O) groups is 1. The van der Waals surface area contributed by atoms with Gasteiger partial charge >= 0.3 is 0 Å². The minimum Gasteiger partial charge on any atom is -0.298 e. The Labute approximate surface area is 91.9 Å². The Morgan fingerprint density at radius 1 is 1.64 bits per heavy atom. The molecule has 0 fully saturated rings. The molecule has 1 aromatic heterocycles. The van der Waals surface area contributed by atoms with Crippen LogP contribution < -0.4 is 0 Å². The normalized spacial score (nSPS) is 9.93. The van der Waals surface area contributed by atoms with Crippen LogP contribution in [0.3, 0.4) is 0 Å². The third kappa shape index (κ3) is 2.04. The van der Waals surface area contributed by atoms with Crippen LogP contribution in [-0.4, -0.2) is 11.3 Å². The van der Waals surface area contributed by atoms with E-state index >= 15 is 0 Å². The number of pyridine rings is 1. The van der Waals surface area contributed by atoms with Crippen molar-refractivity contribution in [2.75, 3.05) is 0 Å². The van der Waals surface area contributed by atoms with Crippen LogP contribution in [0.15, 0.2) is 6.07 Å². The van der Waals surface area contributed by atoms with E-state index in [1.54, 1.807) is 28.7 Å². The molecule has 1 rings (SSSR count). The maximum absolute atomic E-state index is 12.3. The van der Waals surface area contributed by atoms with E-state index < -0.39 is 12.1 Å². The van der Waals surface area contributed by atoms with Gasteiger partial charge in [-0.15, -0.1) is 0 Å². The summed E-state index contributed by atoms with van der Waals surface area (Å²) in [6, 6.07) is 2.88. The Morgan fingerprint density at radius 2 is 2.29 bits per heavy atom. The summed E-state index contributed by atoms with van der Waals surface area (Å²) in [7, 11) is 0. The van der Waals surface area contributed by atoms with Gasteiger partial charge < -0.3 is 0 Å². The molecule has 14 heavy (non-hydrogen) atoms. The fraction of sp³-hybridized carbons (Fsp3) is 0.125. The first-order valence-electron chi connectivity index (χ1n) is 3.44. The number of rotatable bonds is 2. The Bertz CT molecular complexity index is 415. The van der Waals surface area contributed by atoms with Gasteiger partial charge in [0.2, 0.25) is 0 Å². The van der Waals surface area contributed by atoms with Crippen LogP contribution in [0.25, 0.3) is 0 Å². The fourth-order valence-electron chi connectivity index (χ4n) is 0.867. The fourth-order valence-corrected chi connectivity index (χ4v) is 1.40. The molecule has 0 amide bonds. The highest BCUT2D eigenvalue weighted by Crippen LogP contribution is 2.22. The lowest BCUT2D eigenvalue weighted by atomic mass is 10.1. The minimum absolute atomic E-state index is 0.122. The van der Waals surface area contributed by atoms with E-state index in [0.717, 1.165) is 6.07 Å². The highest BCUT2D eigenvalue weighted by atomic mass is 127. The van der Waals surface area contributed by atoms with Crippen LogP contribution >= 0.6 is 22.6 Å². The summed E-state index contributed by atoms with van der Waals surface area (Å²) in [6.45, 7) is 0. The van der Waals surface area contributed by atoms with E-state index in [2.05, 4.69) is 4.98 Å². The zero-order chi connectivity index (χ0) is 10.7. The van der Waals surface area contributed by atoms with Gasteiger partial charge in [0.1, 0.15) is 15.5 Å². The number of hydrogen-bond acceptors (Lipinski definition) is 3. The molecule has 1 heterocycles. The number of aromatic nitrogens is 1. The van der Waals surface area contributed by atoms with Gasteiger partial charge in [0, 0.05) is 5.56 Å². The molecule has 0 atom stereocenters. The van der Waals surface area contributed by atoms with Gasteiger partial charge in [-0.1, -0.05) is 0 Å². The van der Waals surface area contributed by atoms with Crippen molar-refractivity contribution in [3.8, 4) is 6.07 Å². The summed E-state index contributed by atoms with van der Waals surface area (Å²) in [5, 5.41) is 8.57. The molecule has 0 aliphatic rings. The molecule has 0 bridgehead atoms. The third-order valence-electron chi connectivity index (χ3n) is 1.49. The zero-order valence-corrected chi connectivity index (χ0v) is 8.83. The van der Waals surface area contributed by atoms with Crippen LogP contribution in [-0.2, 0) is 0 Å². The van der Waals surface area contributed by atoms with Gasteiger partial charge in [0.25, 0.3) is 6.43 Å². The van der Waals surface area contributed by atoms with Crippen molar-refractivity contribution in [3.05, 3.63) is 26.6 Å².